The third-order valence-electron chi connectivity index (χ3n) is 5.16. The molecule has 162 valence electrons. The zero-order chi connectivity index (χ0) is 22.8. The third-order valence-corrected chi connectivity index (χ3v) is 5.16. The van der Waals surface area contributed by atoms with E-state index in [1.165, 1.54) is 12.1 Å². The molecule has 0 bridgehead atoms. The van der Waals surface area contributed by atoms with E-state index in [4.69, 9.17) is 5.73 Å². The Morgan fingerprint density at radius 1 is 1.09 bits per heavy atom. The average Bonchev–Trinajstić information content (AvgIpc) is 3.19. The Morgan fingerprint density at radius 3 is 2.59 bits per heavy atom. The first kappa shape index (κ1) is 21.2. The van der Waals surface area contributed by atoms with Crippen LogP contribution < -0.4 is 11.1 Å². The fourth-order valence-corrected chi connectivity index (χ4v) is 3.53. The van der Waals surface area contributed by atoms with Crippen LogP contribution in [0.5, 0.6) is 0 Å². The normalized spacial score (nSPS) is 11.9. The summed E-state index contributed by atoms with van der Waals surface area (Å²) in [6.45, 7) is 3.82. The summed E-state index contributed by atoms with van der Waals surface area (Å²) in [6.07, 6.45) is 3.81. The van der Waals surface area contributed by atoms with Crippen molar-refractivity contribution >= 4 is 11.7 Å². The predicted octanol–water partition coefficient (Wildman–Crippen LogP) is 4.26. The van der Waals surface area contributed by atoms with Gasteiger partial charge in [0.25, 0.3) is 5.91 Å². The second kappa shape index (κ2) is 8.58. The quantitative estimate of drug-likeness (QED) is 0.476. The average molecular weight is 430 g/mol. The minimum Gasteiger partial charge on any atom is -0.366 e. The highest BCUT2D eigenvalue weighted by atomic mass is 19.1. The van der Waals surface area contributed by atoms with Crippen molar-refractivity contribution in [1.82, 2.24) is 19.7 Å². The molecule has 0 aliphatic carbocycles. The van der Waals surface area contributed by atoms with E-state index in [-0.39, 0.29) is 11.6 Å². The fraction of sp³-hybridized carbons (Fsp3) is 0.167. The monoisotopic (exact) mass is 430 g/mol. The van der Waals surface area contributed by atoms with E-state index >= 15 is 0 Å². The summed E-state index contributed by atoms with van der Waals surface area (Å²) in [4.78, 5) is 20.2. The molecule has 0 aliphatic rings. The maximum atomic E-state index is 14.2. The van der Waals surface area contributed by atoms with Crippen LogP contribution in [-0.2, 0) is 7.05 Å². The van der Waals surface area contributed by atoms with E-state index in [1.807, 2.05) is 44.6 Å². The van der Waals surface area contributed by atoms with Crippen molar-refractivity contribution in [3.63, 3.8) is 0 Å². The molecule has 2 aromatic carbocycles. The molecule has 32 heavy (non-hydrogen) atoms. The van der Waals surface area contributed by atoms with Crippen LogP contribution >= 0.6 is 0 Å². The largest absolute Gasteiger partial charge is 0.366 e. The van der Waals surface area contributed by atoms with Crippen molar-refractivity contribution in [1.29, 1.82) is 0 Å². The number of carbonyl (C=O) groups excluding carboxylic acids is 1. The lowest BCUT2D eigenvalue weighted by Crippen LogP contribution is -2.13. The number of anilines is 1. The maximum absolute atomic E-state index is 14.2. The van der Waals surface area contributed by atoms with Gasteiger partial charge in [0.05, 0.1) is 17.5 Å². The molecule has 8 heteroatoms. The highest BCUT2D eigenvalue weighted by Crippen LogP contribution is 2.27. The predicted molar refractivity (Wildman–Crippen MR) is 121 cm³/mol. The highest BCUT2D eigenvalue weighted by molar-refractivity contribution is 5.93. The van der Waals surface area contributed by atoms with Crippen molar-refractivity contribution < 1.29 is 9.18 Å². The number of nitrogens with one attached hydrogen (secondary N) is 1. The molecule has 1 amide bonds. The van der Waals surface area contributed by atoms with E-state index < -0.39 is 11.7 Å². The number of primary amides is 1. The molecule has 0 spiro atoms. The Bertz CT molecular complexity index is 1300. The lowest BCUT2D eigenvalue weighted by atomic mass is 10.0. The smallest absolute Gasteiger partial charge is 0.251 e. The van der Waals surface area contributed by atoms with Crippen LogP contribution in [0, 0.1) is 12.7 Å². The van der Waals surface area contributed by atoms with Crippen LogP contribution in [0.15, 0.2) is 60.9 Å². The lowest BCUT2D eigenvalue weighted by Gasteiger charge is -2.17. The summed E-state index contributed by atoms with van der Waals surface area (Å²) in [5.74, 6) is -0.328. The molecular formula is C24H23FN6O. The van der Waals surface area contributed by atoms with Gasteiger partial charge in [-0.05, 0) is 43.2 Å². The van der Waals surface area contributed by atoms with E-state index in [0.29, 0.717) is 22.9 Å². The number of nitrogens with two attached hydrogens (primary N) is 1. The Kier molecular flexibility index (Phi) is 5.68. The number of amides is 1. The van der Waals surface area contributed by atoms with Crippen LogP contribution in [-0.4, -0.2) is 25.7 Å². The molecule has 0 saturated carbocycles. The number of nitrogens with zero attached hydrogens (tertiary/aromatic N) is 4. The number of aryl methyl sites for hydroxylation is 2. The van der Waals surface area contributed by atoms with Gasteiger partial charge in [-0.3, -0.25) is 9.48 Å². The third kappa shape index (κ3) is 4.49. The number of hydrogen-bond donors (Lipinski definition) is 2. The summed E-state index contributed by atoms with van der Waals surface area (Å²) in [5, 5.41) is 7.63. The molecular weight excluding hydrogens is 407 g/mol. The first-order chi connectivity index (χ1) is 15.3. The number of benzene rings is 2. The van der Waals surface area contributed by atoms with Gasteiger partial charge in [-0.25, -0.2) is 14.4 Å². The van der Waals surface area contributed by atoms with Crippen LogP contribution in [0.2, 0.25) is 0 Å². The zero-order valence-corrected chi connectivity index (χ0v) is 18.0. The second-order valence-electron chi connectivity index (χ2n) is 7.64. The van der Waals surface area contributed by atoms with Crippen LogP contribution in [0.1, 0.15) is 34.7 Å². The second-order valence-corrected chi connectivity index (χ2v) is 7.64. The summed E-state index contributed by atoms with van der Waals surface area (Å²) in [7, 11) is 1.89. The van der Waals surface area contributed by atoms with Gasteiger partial charge in [0.2, 0.25) is 0 Å². The molecule has 4 rings (SSSR count). The van der Waals surface area contributed by atoms with Gasteiger partial charge in [-0.2, -0.15) is 5.10 Å². The number of rotatable bonds is 6. The lowest BCUT2D eigenvalue weighted by molar-refractivity contribution is 0.0996. The molecule has 0 fully saturated rings. The Morgan fingerprint density at radius 2 is 1.91 bits per heavy atom. The van der Waals surface area contributed by atoms with Gasteiger partial charge in [-0.1, -0.05) is 24.3 Å². The minimum atomic E-state index is -0.808. The van der Waals surface area contributed by atoms with Crippen molar-refractivity contribution in [2.45, 2.75) is 19.9 Å². The Hall–Kier alpha value is -4.07. The van der Waals surface area contributed by atoms with E-state index in [0.717, 1.165) is 16.7 Å². The van der Waals surface area contributed by atoms with Gasteiger partial charge in [0.15, 0.2) is 0 Å². The van der Waals surface area contributed by atoms with E-state index in [1.54, 1.807) is 23.7 Å². The Labute approximate surface area is 185 Å². The fourth-order valence-electron chi connectivity index (χ4n) is 3.53. The summed E-state index contributed by atoms with van der Waals surface area (Å²) in [6, 6.07) is 14.2. The first-order valence-corrected chi connectivity index (χ1v) is 10.1. The minimum absolute atomic E-state index is 0.0391. The number of carbonyl (C=O) groups is 1. The molecule has 1 atom stereocenters. The summed E-state index contributed by atoms with van der Waals surface area (Å²) < 4.78 is 16.0. The van der Waals surface area contributed by atoms with Gasteiger partial charge in [-0.15, -0.1) is 0 Å². The first-order valence-electron chi connectivity index (χ1n) is 10.1. The molecule has 4 aromatic rings. The van der Waals surface area contributed by atoms with Crippen molar-refractivity contribution in [3.05, 3.63) is 83.7 Å². The van der Waals surface area contributed by atoms with Crippen molar-refractivity contribution in [3.8, 4) is 22.4 Å². The van der Waals surface area contributed by atoms with Crippen LogP contribution in [0.25, 0.3) is 22.4 Å². The Balaban J connectivity index is 1.60. The summed E-state index contributed by atoms with van der Waals surface area (Å²) in [5.41, 5.74) is 9.33. The van der Waals surface area contributed by atoms with Crippen molar-refractivity contribution in [2.24, 2.45) is 12.8 Å². The zero-order valence-electron chi connectivity index (χ0n) is 18.0. The van der Waals surface area contributed by atoms with Gasteiger partial charge >= 0.3 is 0 Å². The van der Waals surface area contributed by atoms with Gasteiger partial charge < -0.3 is 11.1 Å². The molecule has 2 heterocycles. The number of hydrogen-bond acceptors (Lipinski definition) is 5. The molecule has 1 unspecified atom stereocenters. The SMILES string of the molecule is Cc1nc(NC(C)c2cccc(-c3cnn(C)c3)c2)cc(-c2ccc(C(N)=O)c(F)c2)n1. The van der Waals surface area contributed by atoms with Gasteiger partial charge in [0.1, 0.15) is 17.5 Å². The van der Waals surface area contributed by atoms with E-state index in [9.17, 15) is 9.18 Å². The van der Waals surface area contributed by atoms with Crippen molar-refractivity contribution in [2.75, 3.05) is 5.32 Å². The maximum Gasteiger partial charge on any atom is 0.251 e. The summed E-state index contributed by atoms with van der Waals surface area (Å²) >= 11 is 0. The number of aromatic nitrogens is 4. The topological polar surface area (TPSA) is 98.7 Å². The number of halogens is 1. The molecule has 0 saturated heterocycles. The molecule has 2 aromatic heterocycles. The molecule has 0 radical (unpaired) electrons. The standard InChI is InChI=1S/C24H23FN6O/c1-14(16-5-4-6-17(9-16)19-12-27-31(3)13-19)28-23-11-22(29-15(2)30-23)18-7-8-20(24(26)32)21(25)10-18/h4-14H,1-3H3,(H2,26,32)(H,28,29,30). The molecule has 7 nitrogen and oxygen atoms in total. The highest BCUT2D eigenvalue weighted by Gasteiger charge is 2.13. The van der Waals surface area contributed by atoms with E-state index in [2.05, 4.69) is 26.4 Å². The van der Waals surface area contributed by atoms with Crippen LogP contribution in [0.3, 0.4) is 0 Å². The van der Waals surface area contributed by atoms with Gasteiger partial charge in [0, 0.05) is 36.5 Å². The van der Waals surface area contributed by atoms with Crippen LogP contribution in [0.4, 0.5) is 10.2 Å². The molecule has 0 aliphatic heterocycles. The molecule has 3 N–H and O–H groups in total.